The van der Waals surface area contributed by atoms with E-state index in [1.54, 1.807) is 0 Å². The molecule has 1 aromatic carbocycles. The molecule has 2 atom stereocenters. The van der Waals surface area contributed by atoms with Gasteiger partial charge in [-0.1, -0.05) is 24.4 Å². The van der Waals surface area contributed by atoms with Gasteiger partial charge in [0, 0.05) is 10.7 Å². The Bertz CT molecular complexity index is 429. The van der Waals surface area contributed by atoms with Crippen molar-refractivity contribution in [3.8, 4) is 0 Å². The molecule has 2 unspecified atom stereocenters. The van der Waals surface area contributed by atoms with Crippen molar-refractivity contribution >= 4 is 17.3 Å². The molecule has 0 aromatic heterocycles. The van der Waals surface area contributed by atoms with E-state index < -0.39 is 0 Å². The van der Waals surface area contributed by atoms with Crippen molar-refractivity contribution in [2.24, 2.45) is 11.8 Å². The Kier molecular flexibility index (Phi) is 3.72. The SMILES string of the molecule is OCC1(Nc2ccc(Cl)cc2)CCCC(C2CC2)C1. The fourth-order valence-corrected chi connectivity index (χ4v) is 3.64. The number of aliphatic hydroxyl groups excluding tert-OH is 1. The fourth-order valence-electron chi connectivity index (χ4n) is 3.51. The summed E-state index contributed by atoms with van der Waals surface area (Å²) in [5.74, 6) is 1.74. The van der Waals surface area contributed by atoms with Crippen LogP contribution in [0.3, 0.4) is 0 Å². The van der Waals surface area contributed by atoms with Gasteiger partial charge in [-0.2, -0.15) is 0 Å². The Labute approximate surface area is 120 Å². The molecule has 104 valence electrons. The van der Waals surface area contributed by atoms with Crippen molar-refractivity contribution in [3.05, 3.63) is 29.3 Å². The van der Waals surface area contributed by atoms with E-state index in [9.17, 15) is 5.11 Å². The quantitative estimate of drug-likeness (QED) is 0.870. The molecule has 2 aliphatic carbocycles. The molecular weight excluding hydrogens is 258 g/mol. The molecule has 2 fully saturated rings. The smallest absolute Gasteiger partial charge is 0.0661 e. The molecule has 0 aliphatic heterocycles. The van der Waals surface area contributed by atoms with E-state index in [1.807, 2.05) is 24.3 Å². The summed E-state index contributed by atoms with van der Waals surface area (Å²) in [4.78, 5) is 0. The van der Waals surface area contributed by atoms with E-state index in [0.717, 1.165) is 35.4 Å². The van der Waals surface area contributed by atoms with E-state index >= 15 is 0 Å². The number of nitrogens with one attached hydrogen (secondary N) is 1. The van der Waals surface area contributed by atoms with Crippen LogP contribution in [0.1, 0.15) is 38.5 Å². The second-order valence-electron chi connectivity index (χ2n) is 6.26. The standard InChI is InChI=1S/C16H22ClNO/c17-14-5-7-15(8-6-14)18-16(11-19)9-1-2-13(10-16)12-3-4-12/h5-8,12-13,18-19H,1-4,9-11H2. The molecule has 19 heavy (non-hydrogen) atoms. The normalized spacial score (nSPS) is 31.2. The minimum atomic E-state index is -0.126. The maximum absolute atomic E-state index is 9.89. The minimum Gasteiger partial charge on any atom is -0.394 e. The van der Waals surface area contributed by atoms with E-state index in [4.69, 9.17) is 11.6 Å². The Hall–Kier alpha value is -0.730. The second-order valence-corrected chi connectivity index (χ2v) is 6.70. The Morgan fingerprint density at radius 3 is 2.53 bits per heavy atom. The summed E-state index contributed by atoms with van der Waals surface area (Å²) in [6.07, 6.45) is 7.53. The molecule has 2 saturated carbocycles. The number of aliphatic hydroxyl groups is 1. The highest BCUT2D eigenvalue weighted by atomic mass is 35.5. The summed E-state index contributed by atoms with van der Waals surface area (Å²) < 4.78 is 0. The lowest BCUT2D eigenvalue weighted by atomic mass is 9.74. The topological polar surface area (TPSA) is 32.3 Å². The molecule has 3 rings (SSSR count). The molecule has 2 N–H and O–H groups in total. The van der Waals surface area contributed by atoms with E-state index in [2.05, 4.69) is 5.32 Å². The van der Waals surface area contributed by atoms with Crippen molar-refractivity contribution in [2.75, 3.05) is 11.9 Å². The van der Waals surface area contributed by atoms with Crippen LogP contribution < -0.4 is 5.32 Å². The van der Waals surface area contributed by atoms with Crippen molar-refractivity contribution in [1.29, 1.82) is 0 Å². The number of benzene rings is 1. The molecule has 2 aliphatic rings. The summed E-state index contributed by atoms with van der Waals surface area (Å²) in [6.45, 7) is 0.221. The molecule has 0 saturated heterocycles. The maximum Gasteiger partial charge on any atom is 0.0661 e. The molecule has 0 heterocycles. The number of rotatable bonds is 4. The molecule has 0 bridgehead atoms. The van der Waals surface area contributed by atoms with Gasteiger partial charge in [0.15, 0.2) is 0 Å². The van der Waals surface area contributed by atoms with Crippen LogP contribution in [0, 0.1) is 11.8 Å². The van der Waals surface area contributed by atoms with Gasteiger partial charge >= 0.3 is 0 Å². The van der Waals surface area contributed by atoms with Gasteiger partial charge in [-0.05, 0) is 61.8 Å². The van der Waals surface area contributed by atoms with Crippen LogP contribution in [-0.2, 0) is 0 Å². The molecule has 2 nitrogen and oxygen atoms in total. The van der Waals surface area contributed by atoms with E-state index in [1.165, 1.54) is 25.7 Å². The first kappa shape index (κ1) is 13.3. The van der Waals surface area contributed by atoms with Crippen LogP contribution in [0.2, 0.25) is 5.02 Å². The number of hydrogen-bond donors (Lipinski definition) is 2. The lowest BCUT2D eigenvalue weighted by Crippen LogP contribution is -2.46. The van der Waals surface area contributed by atoms with Crippen LogP contribution in [0.25, 0.3) is 0 Å². The number of halogens is 1. The monoisotopic (exact) mass is 279 g/mol. The zero-order valence-corrected chi connectivity index (χ0v) is 12.0. The van der Waals surface area contributed by atoms with Gasteiger partial charge < -0.3 is 10.4 Å². The molecule has 3 heteroatoms. The highest BCUT2D eigenvalue weighted by Gasteiger charge is 2.41. The predicted octanol–water partition coefficient (Wildman–Crippen LogP) is 4.08. The van der Waals surface area contributed by atoms with Crippen LogP contribution in [0.5, 0.6) is 0 Å². The Balaban J connectivity index is 1.72. The Morgan fingerprint density at radius 2 is 1.89 bits per heavy atom. The number of hydrogen-bond acceptors (Lipinski definition) is 2. The van der Waals surface area contributed by atoms with Crippen LogP contribution in [0.4, 0.5) is 5.69 Å². The maximum atomic E-state index is 9.89. The minimum absolute atomic E-state index is 0.126. The van der Waals surface area contributed by atoms with Crippen molar-refractivity contribution in [2.45, 2.75) is 44.1 Å². The summed E-state index contributed by atoms with van der Waals surface area (Å²) >= 11 is 5.92. The first-order valence-electron chi connectivity index (χ1n) is 7.35. The first-order valence-corrected chi connectivity index (χ1v) is 7.73. The summed E-state index contributed by atoms with van der Waals surface area (Å²) in [5.41, 5.74) is 0.939. The van der Waals surface area contributed by atoms with Crippen molar-refractivity contribution in [3.63, 3.8) is 0 Å². The summed E-state index contributed by atoms with van der Waals surface area (Å²) in [7, 11) is 0. The molecule has 0 spiro atoms. The fraction of sp³-hybridized carbons (Fsp3) is 0.625. The lowest BCUT2D eigenvalue weighted by Gasteiger charge is -2.41. The Morgan fingerprint density at radius 1 is 1.16 bits per heavy atom. The molecular formula is C16H22ClNO. The average Bonchev–Trinajstić information content (AvgIpc) is 3.26. The summed E-state index contributed by atoms with van der Waals surface area (Å²) in [5, 5.41) is 14.2. The van der Waals surface area contributed by atoms with Gasteiger partial charge in [0.25, 0.3) is 0 Å². The van der Waals surface area contributed by atoms with Crippen LogP contribution in [0.15, 0.2) is 24.3 Å². The van der Waals surface area contributed by atoms with E-state index in [0.29, 0.717) is 0 Å². The van der Waals surface area contributed by atoms with Gasteiger partial charge in [0.1, 0.15) is 0 Å². The first-order chi connectivity index (χ1) is 9.21. The zero-order chi connectivity index (χ0) is 13.3. The molecule has 1 aromatic rings. The highest BCUT2D eigenvalue weighted by molar-refractivity contribution is 6.30. The zero-order valence-electron chi connectivity index (χ0n) is 11.2. The van der Waals surface area contributed by atoms with Gasteiger partial charge in [0.05, 0.1) is 12.1 Å². The average molecular weight is 280 g/mol. The van der Waals surface area contributed by atoms with Crippen LogP contribution in [-0.4, -0.2) is 17.3 Å². The highest BCUT2D eigenvalue weighted by Crippen LogP contribution is 2.47. The summed E-state index contributed by atoms with van der Waals surface area (Å²) in [6, 6.07) is 7.80. The third-order valence-electron chi connectivity index (χ3n) is 4.73. The molecule has 0 radical (unpaired) electrons. The largest absolute Gasteiger partial charge is 0.394 e. The third-order valence-corrected chi connectivity index (χ3v) is 4.98. The lowest BCUT2D eigenvalue weighted by molar-refractivity contribution is 0.136. The second kappa shape index (κ2) is 5.34. The molecule has 0 amide bonds. The van der Waals surface area contributed by atoms with Gasteiger partial charge in [-0.15, -0.1) is 0 Å². The van der Waals surface area contributed by atoms with Crippen LogP contribution >= 0.6 is 11.6 Å². The van der Waals surface area contributed by atoms with Crippen molar-refractivity contribution < 1.29 is 5.11 Å². The number of anilines is 1. The third kappa shape index (κ3) is 3.06. The van der Waals surface area contributed by atoms with Gasteiger partial charge in [0.2, 0.25) is 0 Å². The van der Waals surface area contributed by atoms with E-state index in [-0.39, 0.29) is 12.1 Å². The predicted molar refractivity (Wildman–Crippen MR) is 79.6 cm³/mol. The van der Waals surface area contributed by atoms with Gasteiger partial charge in [-0.3, -0.25) is 0 Å². The van der Waals surface area contributed by atoms with Crippen molar-refractivity contribution in [1.82, 2.24) is 0 Å². The van der Waals surface area contributed by atoms with Gasteiger partial charge in [-0.25, -0.2) is 0 Å².